The van der Waals surface area contributed by atoms with Crippen molar-refractivity contribution in [1.29, 1.82) is 0 Å². The Hall–Kier alpha value is -1.32. The summed E-state index contributed by atoms with van der Waals surface area (Å²) in [5.41, 5.74) is 4.65. The summed E-state index contributed by atoms with van der Waals surface area (Å²) in [6.07, 6.45) is 0.994. The summed E-state index contributed by atoms with van der Waals surface area (Å²) < 4.78 is 1.96. The predicted octanol–water partition coefficient (Wildman–Crippen LogP) is 2.48. The number of halogens is 1. The van der Waals surface area contributed by atoms with Crippen molar-refractivity contribution in [3.63, 3.8) is 0 Å². The zero-order valence-electron chi connectivity index (χ0n) is 9.70. The standard InChI is InChI=1S/C13H14ClN3/c1-9-10-8-15-7-6-12(10)16-17(9)13-5-3-2-4-11(13)14/h2-5,15H,6-8H2,1H3. The molecule has 0 spiro atoms. The van der Waals surface area contributed by atoms with Crippen molar-refractivity contribution in [2.75, 3.05) is 6.54 Å². The van der Waals surface area contributed by atoms with Crippen molar-refractivity contribution >= 4 is 11.6 Å². The van der Waals surface area contributed by atoms with Crippen LogP contribution in [-0.2, 0) is 13.0 Å². The van der Waals surface area contributed by atoms with Gasteiger partial charge in [0.15, 0.2) is 0 Å². The van der Waals surface area contributed by atoms with Crippen LogP contribution in [-0.4, -0.2) is 16.3 Å². The van der Waals surface area contributed by atoms with Crippen molar-refractivity contribution in [3.05, 3.63) is 46.2 Å². The minimum Gasteiger partial charge on any atom is -0.312 e. The summed E-state index contributed by atoms with van der Waals surface area (Å²) in [6, 6.07) is 7.82. The molecule has 1 aliphatic rings. The number of hydrogen-bond donors (Lipinski definition) is 1. The number of fused-ring (bicyclic) bond motifs is 1. The second-order valence-electron chi connectivity index (χ2n) is 4.30. The second kappa shape index (κ2) is 4.17. The van der Waals surface area contributed by atoms with Crippen LogP contribution in [0.5, 0.6) is 0 Å². The van der Waals surface area contributed by atoms with E-state index >= 15 is 0 Å². The Balaban J connectivity index is 2.16. The Morgan fingerprint density at radius 3 is 2.94 bits per heavy atom. The van der Waals surface area contributed by atoms with Gasteiger partial charge in [-0.05, 0) is 19.1 Å². The molecule has 0 saturated carbocycles. The highest BCUT2D eigenvalue weighted by molar-refractivity contribution is 6.32. The molecule has 0 amide bonds. The van der Waals surface area contributed by atoms with Crippen LogP contribution in [0.2, 0.25) is 5.02 Å². The monoisotopic (exact) mass is 247 g/mol. The van der Waals surface area contributed by atoms with Gasteiger partial charge in [0.25, 0.3) is 0 Å². The number of aromatic nitrogens is 2. The molecule has 1 aromatic carbocycles. The molecule has 3 rings (SSSR count). The van der Waals surface area contributed by atoms with E-state index in [1.54, 1.807) is 0 Å². The van der Waals surface area contributed by atoms with Crippen LogP contribution in [0.15, 0.2) is 24.3 Å². The van der Waals surface area contributed by atoms with Gasteiger partial charge in [-0.25, -0.2) is 4.68 Å². The first-order valence-electron chi connectivity index (χ1n) is 5.80. The van der Waals surface area contributed by atoms with Gasteiger partial charge in [-0.1, -0.05) is 23.7 Å². The maximum Gasteiger partial charge on any atom is 0.0835 e. The predicted molar refractivity (Wildman–Crippen MR) is 68.7 cm³/mol. The van der Waals surface area contributed by atoms with E-state index in [0.29, 0.717) is 0 Å². The summed E-state index contributed by atoms with van der Waals surface area (Å²) in [5.74, 6) is 0. The molecule has 0 aliphatic carbocycles. The Morgan fingerprint density at radius 1 is 1.35 bits per heavy atom. The van der Waals surface area contributed by atoms with E-state index in [-0.39, 0.29) is 0 Å². The summed E-state index contributed by atoms with van der Waals surface area (Å²) in [4.78, 5) is 0. The molecule has 0 bridgehead atoms. The highest BCUT2D eigenvalue weighted by Gasteiger charge is 2.18. The van der Waals surface area contributed by atoms with Gasteiger partial charge >= 0.3 is 0 Å². The van der Waals surface area contributed by atoms with E-state index in [9.17, 15) is 0 Å². The average Bonchev–Trinajstić information content (AvgIpc) is 2.68. The lowest BCUT2D eigenvalue weighted by Gasteiger charge is -2.11. The summed E-state index contributed by atoms with van der Waals surface area (Å²) >= 11 is 6.22. The first-order chi connectivity index (χ1) is 8.27. The quantitative estimate of drug-likeness (QED) is 0.839. The molecule has 1 aromatic heterocycles. The highest BCUT2D eigenvalue weighted by atomic mass is 35.5. The van der Waals surface area contributed by atoms with Gasteiger partial charge in [-0.3, -0.25) is 0 Å². The molecule has 0 saturated heterocycles. The molecular formula is C13H14ClN3. The lowest BCUT2D eigenvalue weighted by Crippen LogP contribution is -2.23. The van der Waals surface area contributed by atoms with Crippen LogP contribution in [0.3, 0.4) is 0 Å². The fourth-order valence-electron chi connectivity index (χ4n) is 2.30. The van der Waals surface area contributed by atoms with Gasteiger partial charge in [-0.2, -0.15) is 5.10 Å². The molecule has 88 valence electrons. The molecule has 2 heterocycles. The molecule has 1 aliphatic heterocycles. The molecule has 4 heteroatoms. The molecule has 2 aromatic rings. The lowest BCUT2D eigenvalue weighted by atomic mass is 10.1. The van der Waals surface area contributed by atoms with Gasteiger partial charge in [-0.15, -0.1) is 0 Å². The minimum atomic E-state index is 0.739. The Morgan fingerprint density at radius 2 is 2.18 bits per heavy atom. The van der Waals surface area contributed by atoms with Gasteiger partial charge in [0, 0.05) is 30.8 Å². The second-order valence-corrected chi connectivity index (χ2v) is 4.71. The summed E-state index contributed by atoms with van der Waals surface area (Å²) in [7, 11) is 0. The van der Waals surface area contributed by atoms with Gasteiger partial charge in [0.1, 0.15) is 0 Å². The molecule has 3 nitrogen and oxygen atoms in total. The van der Waals surface area contributed by atoms with Crippen LogP contribution < -0.4 is 5.32 Å². The van der Waals surface area contributed by atoms with Crippen LogP contribution in [0.25, 0.3) is 5.69 Å². The van der Waals surface area contributed by atoms with E-state index < -0.39 is 0 Å². The minimum absolute atomic E-state index is 0.739. The topological polar surface area (TPSA) is 29.9 Å². The van der Waals surface area contributed by atoms with Crippen LogP contribution in [0.1, 0.15) is 17.0 Å². The summed E-state index contributed by atoms with van der Waals surface area (Å²) in [6.45, 7) is 4.01. The maximum atomic E-state index is 6.22. The lowest BCUT2D eigenvalue weighted by molar-refractivity contribution is 0.634. The van der Waals surface area contributed by atoms with Gasteiger partial charge in [0.05, 0.1) is 16.4 Å². The number of nitrogens with one attached hydrogen (secondary N) is 1. The fourth-order valence-corrected chi connectivity index (χ4v) is 2.52. The molecular weight excluding hydrogens is 234 g/mol. The number of para-hydroxylation sites is 1. The number of hydrogen-bond acceptors (Lipinski definition) is 2. The normalized spacial score (nSPS) is 14.7. The molecule has 0 fully saturated rings. The smallest absolute Gasteiger partial charge is 0.0835 e. The maximum absolute atomic E-state index is 6.22. The summed E-state index contributed by atoms with van der Waals surface area (Å²) in [5, 5.41) is 8.79. The fraction of sp³-hybridized carbons (Fsp3) is 0.308. The number of nitrogens with zero attached hydrogens (tertiary/aromatic N) is 2. The third-order valence-electron chi connectivity index (χ3n) is 3.24. The Bertz CT molecular complexity index is 560. The molecule has 0 atom stereocenters. The van der Waals surface area contributed by atoms with E-state index in [0.717, 1.165) is 30.2 Å². The van der Waals surface area contributed by atoms with E-state index in [1.165, 1.54) is 17.0 Å². The van der Waals surface area contributed by atoms with Crippen molar-refractivity contribution in [3.8, 4) is 5.69 Å². The van der Waals surface area contributed by atoms with E-state index in [2.05, 4.69) is 17.3 Å². The molecule has 0 radical (unpaired) electrons. The molecule has 17 heavy (non-hydrogen) atoms. The van der Waals surface area contributed by atoms with Gasteiger partial charge < -0.3 is 5.32 Å². The van der Waals surface area contributed by atoms with Crippen molar-refractivity contribution < 1.29 is 0 Å². The zero-order chi connectivity index (χ0) is 11.8. The van der Waals surface area contributed by atoms with Gasteiger partial charge in [0.2, 0.25) is 0 Å². The number of benzene rings is 1. The molecule has 0 unspecified atom stereocenters. The zero-order valence-corrected chi connectivity index (χ0v) is 10.5. The van der Waals surface area contributed by atoms with Crippen LogP contribution in [0.4, 0.5) is 0 Å². The SMILES string of the molecule is Cc1c2c(nn1-c1ccccc1Cl)CCNC2. The first-order valence-corrected chi connectivity index (χ1v) is 6.18. The van der Waals surface area contributed by atoms with E-state index in [4.69, 9.17) is 11.6 Å². The third kappa shape index (κ3) is 1.75. The Labute approximate surface area is 105 Å². The van der Waals surface area contributed by atoms with Crippen molar-refractivity contribution in [2.45, 2.75) is 19.9 Å². The molecule has 1 N–H and O–H groups in total. The largest absolute Gasteiger partial charge is 0.312 e. The third-order valence-corrected chi connectivity index (χ3v) is 3.56. The van der Waals surface area contributed by atoms with Crippen LogP contribution >= 0.6 is 11.6 Å². The highest BCUT2D eigenvalue weighted by Crippen LogP contribution is 2.25. The van der Waals surface area contributed by atoms with E-state index in [1.807, 2.05) is 28.9 Å². The Kier molecular flexibility index (Phi) is 2.65. The average molecular weight is 248 g/mol. The first kappa shape index (κ1) is 10.8. The van der Waals surface area contributed by atoms with Crippen LogP contribution in [0, 0.1) is 6.92 Å². The van der Waals surface area contributed by atoms with Crippen molar-refractivity contribution in [2.24, 2.45) is 0 Å². The number of rotatable bonds is 1. The van der Waals surface area contributed by atoms with Crippen molar-refractivity contribution in [1.82, 2.24) is 15.1 Å².